The predicted molar refractivity (Wildman–Crippen MR) is 110 cm³/mol. The molecule has 30 heavy (non-hydrogen) atoms. The van der Waals surface area contributed by atoms with Gasteiger partial charge in [-0.15, -0.1) is 15.3 Å². The van der Waals surface area contributed by atoms with E-state index in [9.17, 15) is 4.79 Å². The molecule has 9 heteroatoms. The SMILES string of the molecule is CN(C)c1ccc2nnc(C3CCN(C(=O)C4COc5ccccc5O4)CC3)n2n1. The van der Waals surface area contributed by atoms with Crippen molar-refractivity contribution in [2.75, 3.05) is 38.7 Å². The van der Waals surface area contributed by atoms with Gasteiger partial charge in [-0.2, -0.15) is 4.52 Å². The topological polar surface area (TPSA) is 85.1 Å². The van der Waals surface area contributed by atoms with E-state index < -0.39 is 6.10 Å². The van der Waals surface area contributed by atoms with E-state index in [4.69, 9.17) is 9.47 Å². The lowest BCUT2D eigenvalue weighted by Crippen LogP contribution is -2.48. The standard InChI is InChI=1S/C21H24N6O3/c1-25(2)19-8-7-18-22-23-20(27(18)24-19)14-9-11-26(12-10-14)21(28)17-13-29-15-5-3-4-6-16(15)30-17/h3-8,14,17H,9-13H2,1-2H3. The number of ether oxygens (including phenoxy) is 2. The van der Waals surface area contributed by atoms with E-state index in [1.807, 2.05) is 64.8 Å². The highest BCUT2D eigenvalue weighted by Gasteiger charge is 2.34. The van der Waals surface area contributed by atoms with Crippen LogP contribution in [0.25, 0.3) is 5.65 Å². The number of carbonyl (C=O) groups is 1. The van der Waals surface area contributed by atoms with Crippen LogP contribution in [0.2, 0.25) is 0 Å². The molecule has 1 fully saturated rings. The average molecular weight is 408 g/mol. The number of anilines is 1. The van der Waals surface area contributed by atoms with E-state index in [1.54, 1.807) is 0 Å². The minimum atomic E-state index is -0.602. The van der Waals surface area contributed by atoms with Gasteiger partial charge in [-0.25, -0.2) is 0 Å². The van der Waals surface area contributed by atoms with Crippen molar-refractivity contribution in [2.24, 2.45) is 0 Å². The Labute approximate surface area is 174 Å². The zero-order chi connectivity index (χ0) is 20.7. The molecule has 5 rings (SSSR count). The van der Waals surface area contributed by atoms with Crippen molar-refractivity contribution in [3.63, 3.8) is 0 Å². The summed E-state index contributed by atoms with van der Waals surface area (Å²) in [5.74, 6) is 3.19. The number of hydrogen-bond donors (Lipinski definition) is 0. The van der Waals surface area contributed by atoms with Crippen LogP contribution in [0.5, 0.6) is 11.5 Å². The lowest BCUT2D eigenvalue weighted by molar-refractivity contribution is -0.142. The summed E-state index contributed by atoms with van der Waals surface area (Å²) in [6.07, 6.45) is 1.02. The molecule has 156 valence electrons. The zero-order valence-electron chi connectivity index (χ0n) is 17.1. The first-order valence-corrected chi connectivity index (χ1v) is 10.2. The van der Waals surface area contributed by atoms with Gasteiger partial charge in [0, 0.05) is 33.1 Å². The Hall–Kier alpha value is -3.36. The molecule has 2 aliphatic heterocycles. The number of fused-ring (bicyclic) bond motifs is 2. The van der Waals surface area contributed by atoms with Crippen LogP contribution in [0, 0.1) is 0 Å². The van der Waals surface area contributed by atoms with Gasteiger partial charge in [-0.3, -0.25) is 4.79 Å². The van der Waals surface area contributed by atoms with Crippen molar-refractivity contribution in [3.05, 3.63) is 42.2 Å². The number of aromatic nitrogens is 4. The van der Waals surface area contributed by atoms with Crippen LogP contribution in [0.15, 0.2) is 36.4 Å². The number of piperidine rings is 1. The van der Waals surface area contributed by atoms with Gasteiger partial charge in [-0.05, 0) is 37.1 Å². The fraction of sp³-hybridized carbons (Fsp3) is 0.429. The first-order valence-electron chi connectivity index (χ1n) is 10.2. The van der Waals surface area contributed by atoms with Crippen LogP contribution in [-0.2, 0) is 4.79 Å². The molecular weight excluding hydrogens is 384 g/mol. The fourth-order valence-electron chi connectivity index (χ4n) is 3.99. The van der Waals surface area contributed by atoms with Crippen molar-refractivity contribution in [3.8, 4) is 11.5 Å². The van der Waals surface area contributed by atoms with E-state index in [-0.39, 0.29) is 18.4 Å². The third-order valence-corrected chi connectivity index (χ3v) is 5.69. The Kier molecular flexibility index (Phi) is 4.65. The minimum Gasteiger partial charge on any atom is -0.485 e. The first-order chi connectivity index (χ1) is 14.6. The molecule has 0 spiro atoms. The Morgan fingerprint density at radius 1 is 1.07 bits per heavy atom. The number of likely N-dealkylation sites (tertiary alicyclic amines) is 1. The minimum absolute atomic E-state index is 0.0259. The van der Waals surface area contributed by atoms with E-state index in [0.717, 1.165) is 30.1 Å². The van der Waals surface area contributed by atoms with Gasteiger partial charge in [0.05, 0.1) is 0 Å². The third kappa shape index (κ3) is 3.30. The number of para-hydroxylation sites is 2. The molecule has 2 aliphatic rings. The van der Waals surface area contributed by atoms with Gasteiger partial charge in [-0.1, -0.05) is 12.1 Å². The van der Waals surface area contributed by atoms with E-state index in [2.05, 4.69) is 15.3 Å². The van der Waals surface area contributed by atoms with E-state index >= 15 is 0 Å². The molecule has 1 aromatic carbocycles. The summed E-state index contributed by atoms with van der Waals surface area (Å²) in [6.45, 7) is 1.53. The van der Waals surface area contributed by atoms with Crippen molar-refractivity contribution in [2.45, 2.75) is 24.9 Å². The van der Waals surface area contributed by atoms with Gasteiger partial charge in [0.1, 0.15) is 12.4 Å². The molecule has 0 aliphatic carbocycles. The highest BCUT2D eigenvalue weighted by molar-refractivity contribution is 5.82. The molecule has 4 heterocycles. The van der Waals surface area contributed by atoms with Gasteiger partial charge in [0.2, 0.25) is 6.10 Å². The van der Waals surface area contributed by atoms with Crippen molar-refractivity contribution in [1.29, 1.82) is 0 Å². The number of nitrogens with zero attached hydrogens (tertiary/aromatic N) is 6. The molecular formula is C21H24N6O3. The Morgan fingerprint density at radius 3 is 2.60 bits per heavy atom. The maximum atomic E-state index is 13.0. The highest BCUT2D eigenvalue weighted by Crippen LogP contribution is 2.32. The van der Waals surface area contributed by atoms with Gasteiger partial charge >= 0.3 is 0 Å². The second-order valence-electron chi connectivity index (χ2n) is 7.88. The van der Waals surface area contributed by atoms with Gasteiger partial charge in [0.15, 0.2) is 23.0 Å². The smallest absolute Gasteiger partial charge is 0.267 e. The molecule has 2 aromatic heterocycles. The second kappa shape index (κ2) is 7.47. The van der Waals surface area contributed by atoms with Crippen LogP contribution >= 0.6 is 0 Å². The molecule has 3 aromatic rings. The largest absolute Gasteiger partial charge is 0.485 e. The summed E-state index contributed by atoms with van der Waals surface area (Å²) >= 11 is 0. The monoisotopic (exact) mass is 408 g/mol. The summed E-state index contributed by atoms with van der Waals surface area (Å²) in [6, 6.07) is 11.3. The summed E-state index contributed by atoms with van der Waals surface area (Å²) in [5, 5.41) is 13.3. The number of carbonyl (C=O) groups excluding carboxylic acids is 1. The summed E-state index contributed by atoms with van der Waals surface area (Å²) in [7, 11) is 3.91. The van der Waals surface area contributed by atoms with Crippen molar-refractivity contribution >= 4 is 17.4 Å². The molecule has 1 amide bonds. The molecule has 1 atom stereocenters. The Balaban J connectivity index is 1.26. The quantitative estimate of drug-likeness (QED) is 0.653. The fourth-order valence-corrected chi connectivity index (χ4v) is 3.99. The van der Waals surface area contributed by atoms with Crippen molar-refractivity contribution in [1.82, 2.24) is 24.7 Å². The molecule has 0 radical (unpaired) electrons. The Bertz CT molecular complexity index is 1070. The molecule has 9 nitrogen and oxygen atoms in total. The lowest BCUT2D eigenvalue weighted by Gasteiger charge is -2.34. The maximum Gasteiger partial charge on any atom is 0.267 e. The van der Waals surface area contributed by atoms with Crippen LogP contribution < -0.4 is 14.4 Å². The number of rotatable bonds is 3. The third-order valence-electron chi connectivity index (χ3n) is 5.69. The zero-order valence-corrected chi connectivity index (χ0v) is 17.1. The van der Waals surface area contributed by atoms with Crippen LogP contribution in [0.4, 0.5) is 5.82 Å². The van der Waals surface area contributed by atoms with Crippen LogP contribution in [0.3, 0.4) is 0 Å². The summed E-state index contributed by atoms with van der Waals surface area (Å²) < 4.78 is 13.4. The normalized spacial score (nSPS) is 19.1. The number of hydrogen-bond acceptors (Lipinski definition) is 7. The molecule has 1 unspecified atom stereocenters. The maximum absolute atomic E-state index is 13.0. The molecule has 0 saturated carbocycles. The van der Waals surface area contributed by atoms with Crippen molar-refractivity contribution < 1.29 is 14.3 Å². The van der Waals surface area contributed by atoms with E-state index in [1.165, 1.54) is 0 Å². The van der Waals surface area contributed by atoms with E-state index in [0.29, 0.717) is 24.6 Å². The lowest BCUT2D eigenvalue weighted by atomic mass is 9.95. The first kappa shape index (κ1) is 18.7. The second-order valence-corrected chi connectivity index (χ2v) is 7.88. The predicted octanol–water partition coefficient (Wildman–Crippen LogP) is 1.74. The average Bonchev–Trinajstić information content (AvgIpc) is 3.21. The highest BCUT2D eigenvalue weighted by atomic mass is 16.6. The van der Waals surface area contributed by atoms with Crippen LogP contribution in [0.1, 0.15) is 24.6 Å². The van der Waals surface area contributed by atoms with Gasteiger partial charge < -0.3 is 19.3 Å². The van der Waals surface area contributed by atoms with Crippen LogP contribution in [-0.4, -0.2) is 70.5 Å². The molecule has 0 N–H and O–H groups in total. The van der Waals surface area contributed by atoms with Gasteiger partial charge in [0.25, 0.3) is 5.91 Å². The summed E-state index contributed by atoms with van der Waals surface area (Å²) in [5.41, 5.74) is 0.737. The number of benzene rings is 1. The summed E-state index contributed by atoms with van der Waals surface area (Å²) in [4.78, 5) is 16.8. The molecule has 0 bridgehead atoms. The Morgan fingerprint density at radius 2 is 1.83 bits per heavy atom. The molecule has 1 saturated heterocycles. The number of amides is 1.